The summed E-state index contributed by atoms with van der Waals surface area (Å²) in [5.41, 5.74) is -1.87. The maximum atomic E-state index is 14.4. The van der Waals surface area contributed by atoms with Gasteiger partial charge >= 0.3 is 6.18 Å². The largest absolute Gasteiger partial charge is 0.417 e. The second-order valence-electron chi connectivity index (χ2n) is 9.06. The summed E-state index contributed by atoms with van der Waals surface area (Å²) in [7, 11) is 1.45. The molecule has 0 atom stereocenters. The summed E-state index contributed by atoms with van der Waals surface area (Å²) in [6.45, 7) is 7.41. The van der Waals surface area contributed by atoms with Crippen LogP contribution in [0.15, 0.2) is 83.3 Å². The number of nitrogens with zero attached hydrogens (tertiary/aromatic N) is 3. The van der Waals surface area contributed by atoms with Crippen LogP contribution < -0.4 is 10.6 Å². The number of amides is 2. The fraction of sp³-hybridized carbons (Fsp3) is 0.207. The van der Waals surface area contributed by atoms with E-state index in [9.17, 15) is 27.2 Å². The van der Waals surface area contributed by atoms with Gasteiger partial charge in [0.15, 0.2) is 0 Å². The Balaban J connectivity index is 2.05. The molecule has 0 unspecified atom stereocenters. The van der Waals surface area contributed by atoms with Crippen LogP contribution in [0.2, 0.25) is 0 Å². The van der Waals surface area contributed by atoms with E-state index in [4.69, 9.17) is 0 Å². The number of hydrogen-bond acceptors (Lipinski definition) is 5. The molecular weight excluding hydrogens is 526 g/mol. The molecule has 0 aliphatic carbocycles. The van der Waals surface area contributed by atoms with Gasteiger partial charge in [0.05, 0.1) is 17.0 Å². The van der Waals surface area contributed by atoms with Crippen molar-refractivity contribution in [2.75, 3.05) is 12.4 Å². The number of pyridine rings is 2. The minimum Gasteiger partial charge on any atom is -0.354 e. The first-order valence-electron chi connectivity index (χ1n) is 12.0. The summed E-state index contributed by atoms with van der Waals surface area (Å²) in [6, 6.07) is 9.11. The molecule has 40 heavy (non-hydrogen) atoms. The quantitative estimate of drug-likeness (QED) is 0.146. The number of nitrogens with one attached hydrogen (secondary N) is 2. The van der Waals surface area contributed by atoms with Crippen molar-refractivity contribution in [1.82, 2.24) is 15.3 Å². The number of hydrogen-bond donors (Lipinski definition) is 2. The third-order valence-electron chi connectivity index (χ3n) is 5.81. The number of anilines is 1. The molecule has 0 aliphatic heterocycles. The van der Waals surface area contributed by atoms with Gasteiger partial charge in [-0.1, -0.05) is 6.08 Å². The Hall–Kier alpha value is -4.67. The number of carbonyl (C=O) groups excluding carboxylic acids is 2. The van der Waals surface area contributed by atoms with Crippen LogP contribution in [0, 0.1) is 0 Å². The van der Waals surface area contributed by atoms with Gasteiger partial charge in [-0.15, -0.1) is 0 Å². The van der Waals surface area contributed by atoms with E-state index in [1.54, 1.807) is 13.0 Å². The summed E-state index contributed by atoms with van der Waals surface area (Å²) >= 11 is 0. The summed E-state index contributed by atoms with van der Waals surface area (Å²) in [5, 5.41) is 5.02. The first-order chi connectivity index (χ1) is 18.8. The van der Waals surface area contributed by atoms with Crippen molar-refractivity contribution in [3.63, 3.8) is 0 Å². The van der Waals surface area contributed by atoms with E-state index < -0.39 is 29.2 Å². The maximum absolute atomic E-state index is 14.4. The van der Waals surface area contributed by atoms with Crippen LogP contribution in [0.3, 0.4) is 0 Å². The number of aromatic nitrogens is 2. The number of halogens is 4. The summed E-state index contributed by atoms with van der Waals surface area (Å²) in [4.78, 5) is 36.8. The Morgan fingerprint density at radius 2 is 1.65 bits per heavy atom. The van der Waals surface area contributed by atoms with Crippen molar-refractivity contribution in [3.05, 3.63) is 89.5 Å². The van der Waals surface area contributed by atoms with E-state index >= 15 is 0 Å². The van der Waals surface area contributed by atoms with E-state index in [2.05, 4.69) is 32.3 Å². The normalized spacial score (nSPS) is 12.6. The molecule has 0 saturated carbocycles. The molecule has 0 radical (unpaired) electrons. The third-order valence-corrected chi connectivity index (χ3v) is 5.81. The van der Waals surface area contributed by atoms with Crippen molar-refractivity contribution < 1.29 is 27.2 Å². The summed E-state index contributed by atoms with van der Waals surface area (Å²) in [5.74, 6) is -1.10. The standard InChI is InChI=1S/C29H27F4N5O2/c1-6-17(15-25(34-4)28(2,3)30)26(39)38-20-7-8-22(29(31,32)33)21(16-20)18-9-11-36-23(13-18)19-10-12-37-24(14-19)27(40)35-5/h6-16H,4H2,1-3,5H3,(H,35,40)(H,38,39)/b17-6+,25-15-. The topological polar surface area (TPSA) is 96.3 Å². The van der Waals surface area contributed by atoms with Gasteiger partial charge in [0, 0.05) is 36.3 Å². The minimum atomic E-state index is -4.70. The van der Waals surface area contributed by atoms with E-state index in [0.717, 1.165) is 12.1 Å². The van der Waals surface area contributed by atoms with Crippen molar-refractivity contribution in [3.8, 4) is 22.4 Å². The number of carbonyl (C=O) groups is 2. The van der Waals surface area contributed by atoms with Crippen LogP contribution in [0.1, 0.15) is 36.8 Å². The van der Waals surface area contributed by atoms with E-state index in [0.29, 0.717) is 11.3 Å². The molecule has 3 rings (SSSR count). The van der Waals surface area contributed by atoms with Crippen LogP contribution in [0.25, 0.3) is 22.4 Å². The molecule has 7 nitrogen and oxygen atoms in total. The molecule has 0 spiro atoms. The Morgan fingerprint density at radius 1 is 0.975 bits per heavy atom. The lowest BCUT2D eigenvalue weighted by atomic mass is 9.97. The van der Waals surface area contributed by atoms with E-state index in [1.807, 2.05) is 0 Å². The number of rotatable bonds is 8. The second kappa shape index (κ2) is 12.0. The smallest absolute Gasteiger partial charge is 0.354 e. The lowest BCUT2D eigenvalue weighted by Gasteiger charge is -2.17. The Morgan fingerprint density at radius 3 is 2.25 bits per heavy atom. The van der Waals surface area contributed by atoms with Gasteiger partial charge in [-0.25, -0.2) is 4.39 Å². The van der Waals surface area contributed by atoms with E-state index in [1.165, 1.54) is 69.7 Å². The van der Waals surface area contributed by atoms with Gasteiger partial charge in [0.2, 0.25) is 0 Å². The monoisotopic (exact) mass is 553 g/mol. The molecule has 2 aromatic heterocycles. The van der Waals surface area contributed by atoms with Crippen LogP contribution >= 0.6 is 0 Å². The molecule has 3 aromatic rings. The fourth-order valence-electron chi connectivity index (χ4n) is 3.74. The average molecular weight is 554 g/mol. The lowest BCUT2D eigenvalue weighted by molar-refractivity contribution is -0.137. The Kier molecular flexibility index (Phi) is 8.98. The highest BCUT2D eigenvalue weighted by Gasteiger charge is 2.34. The fourth-order valence-corrected chi connectivity index (χ4v) is 3.74. The highest BCUT2D eigenvalue weighted by Crippen LogP contribution is 2.39. The number of benzene rings is 1. The van der Waals surface area contributed by atoms with Crippen LogP contribution in [-0.2, 0) is 11.0 Å². The van der Waals surface area contributed by atoms with Crippen molar-refractivity contribution in [2.24, 2.45) is 4.99 Å². The molecule has 0 saturated heterocycles. The van der Waals surface area contributed by atoms with Gasteiger partial charge in [0.25, 0.3) is 11.8 Å². The first kappa shape index (κ1) is 29.9. The van der Waals surface area contributed by atoms with Crippen molar-refractivity contribution >= 4 is 24.2 Å². The predicted octanol–water partition coefficient (Wildman–Crippen LogP) is 6.41. The molecule has 208 valence electrons. The maximum Gasteiger partial charge on any atom is 0.417 e. The number of allylic oxidation sites excluding steroid dienone is 2. The SMILES string of the molecule is C=N/C(=C\C(=C/C)C(=O)Nc1ccc(C(F)(F)F)c(-c2ccnc(-c3ccnc(C(=O)NC)c3)c2)c1)C(C)(C)F. The van der Waals surface area contributed by atoms with Gasteiger partial charge < -0.3 is 10.6 Å². The van der Waals surface area contributed by atoms with Gasteiger partial charge in [-0.3, -0.25) is 24.5 Å². The van der Waals surface area contributed by atoms with Crippen LogP contribution in [0.5, 0.6) is 0 Å². The molecule has 0 fully saturated rings. The summed E-state index contributed by atoms with van der Waals surface area (Å²) in [6.07, 6.45) is 0.703. The molecule has 2 heterocycles. The molecular formula is C29H27F4N5O2. The predicted molar refractivity (Wildman–Crippen MR) is 147 cm³/mol. The Labute approximate surface area is 228 Å². The van der Waals surface area contributed by atoms with Crippen LogP contribution in [0.4, 0.5) is 23.2 Å². The van der Waals surface area contributed by atoms with Gasteiger partial charge in [-0.05, 0) is 87.2 Å². The van der Waals surface area contributed by atoms with Gasteiger partial charge in [-0.2, -0.15) is 13.2 Å². The summed E-state index contributed by atoms with van der Waals surface area (Å²) < 4.78 is 56.3. The van der Waals surface area contributed by atoms with Crippen LogP contribution in [-0.4, -0.2) is 41.2 Å². The van der Waals surface area contributed by atoms with Crippen molar-refractivity contribution in [1.29, 1.82) is 0 Å². The van der Waals surface area contributed by atoms with Crippen molar-refractivity contribution in [2.45, 2.75) is 32.6 Å². The molecule has 1 aromatic carbocycles. The zero-order valence-electron chi connectivity index (χ0n) is 22.2. The molecule has 11 heteroatoms. The highest BCUT2D eigenvalue weighted by molar-refractivity contribution is 6.06. The van der Waals surface area contributed by atoms with Gasteiger partial charge in [0.1, 0.15) is 11.4 Å². The zero-order valence-corrected chi connectivity index (χ0v) is 22.2. The average Bonchev–Trinajstić information content (AvgIpc) is 2.92. The first-order valence-corrected chi connectivity index (χ1v) is 12.0. The molecule has 2 N–H and O–H groups in total. The molecule has 0 aliphatic rings. The highest BCUT2D eigenvalue weighted by atomic mass is 19.4. The number of alkyl halides is 4. The molecule has 2 amide bonds. The molecule has 0 bridgehead atoms. The zero-order chi connectivity index (χ0) is 29.7. The third kappa shape index (κ3) is 7.04. The lowest BCUT2D eigenvalue weighted by Crippen LogP contribution is -2.19. The Bertz CT molecular complexity index is 1500. The van der Waals surface area contributed by atoms with E-state index in [-0.39, 0.29) is 33.8 Å². The number of aliphatic imine (C=N–C) groups is 1. The minimum absolute atomic E-state index is 0.0466. The second-order valence-corrected chi connectivity index (χ2v) is 9.06.